The lowest BCUT2D eigenvalue weighted by Gasteiger charge is -2.38. The van der Waals surface area contributed by atoms with E-state index in [0.717, 1.165) is 50.2 Å². The lowest BCUT2D eigenvalue weighted by atomic mass is 10.1. The van der Waals surface area contributed by atoms with Crippen LogP contribution in [0.15, 0.2) is 0 Å². The minimum absolute atomic E-state index is 0.222. The number of quaternary nitrogens is 1. The van der Waals surface area contributed by atoms with Crippen LogP contribution in [0.5, 0.6) is 0 Å². The number of hydrogen-bond acceptors (Lipinski definition) is 2. The van der Waals surface area contributed by atoms with Gasteiger partial charge < -0.3 is 14.5 Å². The summed E-state index contributed by atoms with van der Waals surface area (Å²) < 4.78 is 0.900. The van der Waals surface area contributed by atoms with Crippen molar-refractivity contribution in [2.24, 2.45) is 0 Å². The van der Waals surface area contributed by atoms with Gasteiger partial charge in [0.05, 0.1) is 32.8 Å². The average molecular weight is 330 g/mol. The molecule has 0 unspecified atom stereocenters. The zero-order valence-electron chi connectivity index (χ0n) is 16.1. The number of nitrogens with zero attached hydrogens (tertiary/aromatic N) is 2. The van der Waals surface area contributed by atoms with Crippen molar-refractivity contribution in [1.29, 1.82) is 0 Å². The Morgan fingerprint density at radius 1 is 0.913 bits per heavy atom. The van der Waals surface area contributed by atoms with E-state index in [9.17, 15) is 9.90 Å². The van der Waals surface area contributed by atoms with Crippen LogP contribution >= 0.6 is 0 Å². The van der Waals surface area contributed by atoms with E-state index in [0.29, 0.717) is 12.3 Å². The predicted octanol–water partition coefficient (Wildman–Crippen LogP) is 3.43. The van der Waals surface area contributed by atoms with E-state index in [-0.39, 0.29) is 6.61 Å². The van der Waals surface area contributed by atoms with Gasteiger partial charge in [-0.15, -0.1) is 0 Å². The van der Waals surface area contributed by atoms with Gasteiger partial charge in [0.1, 0.15) is 6.54 Å². The molecule has 0 bridgehead atoms. The van der Waals surface area contributed by atoms with E-state index in [4.69, 9.17) is 0 Å². The summed E-state index contributed by atoms with van der Waals surface area (Å²) in [6.45, 7) is 14.2. The Bertz CT molecular complexity index is 291. The molecule has 0 saturated carbocycles. The van der Waals surface area contributed by atoms with Crippen molar-refractivity contribution in [1.82, 2.24) is 4.90 Å². The Morgan fingerprint density at radius 2 is 1.52 bits per heavy atom. The smallest absolute Gasteiger partial charge is 0.222 e. The summed E-state index contributed by atoms with van der Waals surface area (Å²) in [5.74, 6) is 0.303. The van der Waals surface area contributed by atoms with E-state index in [2.05, 4.69) is 27.7 Å². The highest BCUT2D eigenvalue weighted by atomic mass is 16.3. The number of carbonyl (C=O) groups excluding carboxylic acids is 1. The number of aliphatic hydroxyl groups is 1. The zero-order chi connectivity index (χ0) is 17.6. The number of unbranched alkanes of at least 4 members (excludes halogenated alkanes) is 5. The summed E-state index contributed by atoms with van der Waals surface area (Å²) in [6.07, 6.45) is 8.04. The van der Waals surface area contributed by atoms with Gasteiger partial charge in [0, 0.05) is 13.0 Å². The quantitative estimate of drug-likeness (QED) is 0.369. The van der Waals surface area contributed by atoms with Crippen molar-refractivity contribution < 1.29 is 14.4 Å². The summed E-state index contributed by atoms with van der Waals surface area (Å²) in [5.41, 5.74) is 0. The predicted molar refractivity (Wildman–Crippen MR) is 98.4 cm³/mol. The SMILES string of the molecule is CCCCCCCCC(=O)N(CC)CC[N+](CC)(CC)CCO. The zero-order valence-corrected chi connectivity index (χ0v) is 16.1. The Hall–Kier alpha value is -0.610. The van der Waals surface area contributed by atoms with Gasteiger partial charge in [-0.2, -0.15) is 0 Å². The third kappa shape index (κ3) is 9.31. The van der Waals surface area contributed by atoms with Crippen LogP contribution in [0.25, 0.3) is 0 Å². The molecule has 4 heteroatoms. The molecule has 0 heterocycles. The molecule has 0 aliphatic heterocycles. The molecule has 0 atom stereocenters. The van der Waals surface area contributed by atoms with Crippen LogP contribution in [0.2, 0.25) is 0 Å². The normalized spacial score (nSPS) is 11.7. The molecule has 1 amide bonds. The molecule has 0 aromatic carbocycles. The highest BCUT2D eigenvalue weighted by molar-refractivity contribution is 5.76. The molecule has 0 rings (SSSR count). The standard InChI is InChI=1S/C19H41N2O2/c1-5-9-10-11-12-13-14-19(23)20(6-2)15-16-21(7-3,8-4)17-18-22/h22H,5-18H2,1-4H3/q+1. The molecule has 0 aromatic rings. The van der Waals surface area contributed by atoms with E-state index >= 15 is 0 Å². The van der Waals surface area contributed by atoms with Crippen LogP contribution < -0.4 is 0 Å². The topological polar surface area (TPSA) is 40.5 Å². The van der Waals surface area contributed by atoms with E-state index in [1.807, 2.05) is 4.90 Å². The first-order valence-corrected chi connectivity index (χ1v) is 9.82. The number of hydrogen-bond donors (Lipinski definition) is 1. The van der Waals surface area contributed by atoms with Gasteiger partial charge in [-0.05, 0) is 27.2 Å². The molecule has 0 spiro atoms. The fourth-order valence-corrected chi connectivity index (χ4v) is 3.19. The highest BCUT2D eigenvalue weighted by Gasteiger charge is 2.24. The van der Waals surface area contributed by atoms with Gasteiger partial charge >= 0.3 is 0 Å². The maximum absolute atomic E-state index is 12.4. The second-order valence-electron chi connectivity index (χ2n) is 6.64. The molecule has 0 aliphatic rings. The van der Waals surface area contributed by atoms with Crippen molar-refractivity contribution in [3.8, 4) is 0 Å². The van der Waals surface area contributed by atoms with Gasteiger partial charge in [-0.1, -0.05) is 39.0 Å². The molecule has 23 heavy (non-hydrogen) atoms. The lowest BCUT2D eigenvalue weighted by molar-refractivity contribution is -0.924. The lowest BCUT2D eigenvalue weighted by Crippen LogP contribution is -2.53. The number of aliphatic hydroxyl groups excluding tert-OH is 1. The van der Waals surface area contributed by atoms with Gasteiger partial charge in [-0.25, -0.2) is 0 Å². The molecule has 0 aliphatic carbocycles. The Labute approximate surface area is 144 Å². The van der Waals surface area contributed by atoms with E-state index in [1.54, 1.807) is 0 Å². The summed E-state index contributed by atoms with van der Waals surface area (Å²) in [7, 11) is 0. The number of likely N-dealkylation sites (N-methyl/N-ethyl adjacent to an activating group) is 2. The van der Waals surface area contributed by atoms with Crippen LogP contribution in [0.4, 0.5) is 0 Å². The molecular formula is C19H41N2O2+. The van der Waals surface area contributed by atoms with Crippen molar-refractivity contribution in [2.45, 2.75) is 72.6 Å². The average Bonchev–Trinajstić information content (AvgIpc) is 2.57. The number of carbonyl (C=O) groups is 1. The Morgan fingerprint density at radius 3 is 2.04 bits per heavy atom. The maximum atomic E-state index is 12.4. The second kappa shape index (κ2) is 13.8. The molecule has 1 N–H and O–H groups in total. The van der Waals surface area contributed by atoms with Crippen molar-refractivity contribution >= 4 is 5.91 Å². The first kappa shape index (κ1) is 22.4. The summed E-state index contributed by atoms with van der Waals surface area (Å²) in [6, 6.07) is 0. The van der Waals surface area contributed by atoms with E-state index in [1.165, 1.54) is 32.1 Å². The summed E-state index contributed by atoms with van der Waals surface area (Å²) >= 11 is 0. The van der Waals surface area contributed by atoms with Crippen LogP contribution in [0.1, 0.15) is 72.6 Å². The van der Waals surface area contributed by atoms with Crippen molar-refractivity contribution in [3.05, 3.63) is 0 Å². The minimum Gasteiger partial charge on any atom is -0.391 e. The fraction of sp³-hybridized carbons (Fsp3) is 0.947. The van der Waals surface area contributed by atoms with Crippen LogP contribution in [0.3, 0.4) is 0 Å². The largest absolute Gasteiger partial charge is 0.391 e. The maximum Gasteiger partial charge on any atom is 0.222 e. The molecule has 0 fully saturated rings. The van der Waals surface area contributed by atoms with E-state index < -0.39 is 0 Å². The van der Waals surface area contributed by atoms with Crippen molar-refractivity contribution in [2.75, 3.05) is 45.9 Å². The van der Waals surface area contributed by atoms with Crippen LogP contribution in [0, 0.1) is 0 Å². The third-order valence-corrected chi connectivity index (χ3v) is 5.24. The molecule has 0 aromatic heterocycles. The molecular weight excluding hydrogens is 288 g/mol. The fourth-order valence-electron chi connectivity index (χ4n) is 3.19. The van der Waals surface area contributed by atoms with Gasteiger partial charge in [0.25, 0.3) is 0 Å². The van der Waals surface area contributed by atoms with Crippen molar-refractivity contribution in [3.63, 3.8) is 0 Å². The van der Waals surface area contributed by atoms with Gasteiger partial charge in [-0.3, -0.25) is 4.79 Å². The minimum atomic E-state index is 0.222. The number of amides is 1. The second-order valence-corrected chi connectivity index (χ2v) is 6.64. The third-order valence-electron chi connectivity index (χ3n) is 5.24. The van der Waals surface area contributed by atoms with Crippen LogP contribution in [-0.4, -0.2) is 66.3 Å². The number of rotatable bonds is 15. The monoisotopic (exact) mass is 329 g/mol. The Kier molecular flexibility index (Phi) is 13.4. The van der Waals surface area contributed by atoms with Crippen LogP contribution in [-0.2, 0) is 4.79 Å². The summed E-state index contributed by atoms with van der Waals surface area (Å²) in [5, 5.41) is 9.30. The molecule has 0 saturated heterocycles. The summed E-state index contributed by atoms with van der Waals surface area (Å²) in [4.78, 5) is 14.4. The Balaban J connectivity index is 4.18. The van der Waals surface area contributed by atoms with Gasteiger partial charge in [0.15, 0.2) is 0 Å². The first-order chi connectivity index (χ1) is 11.1. The molecule has 138 valence electrons. The first-order valence-electron chi connectivity index (χ1n) is 9.82. The van der Waals surface area contributed by atoms with Gasteiger partial charge in [0.2, 0.25) is 5.91 Å². The molecule has 4 nitrogen and oxygen atoms in total. The highest BCUT2D eigenvalue weighted by Crippen LogP contribution is 2.10. The molecule has 0 radical (unpaired) electrons.